The Kier molecular flexibility index (Phi) is 7.33. The van der Waals surface area contributed by atoms with Crippen LogP contribution in [0.2, 0.25) is 0 Å². The maximum Gasteiger partial charge on any atom is 0.356 e. The van der Waals surface area contributed by atoms with Crippen molar-refractivity contribution in [2.45, 2.75) is 40.7 Å². The number of carbonyl (C=O) groups is 3. The van der Waals surface area contributed by atoms with Crippen molar-refractivity contribution in [3.05, 3.63) is 87.7 Å². The molecule has 2 N–H and O–H groups in total. The quantitative estimate of drug-likeness (QED) is 0.498. The predicted molar refractivity (Wildman–Crippen MR) is 125 cm³/mol. The highest BCUT2D eigenvalue weighted by Gasteiger charge is 2.29. The molecule has 1 amide bonds. The number of aromatic amines is 1. The van der Waals surface area contributed by atoms with E-state index in [1.807, 2.05) is 38.1 Å². The molecule has 0 aliphatic rings. The van der Waals surface area contributed by atoms with E-state index < -0.39 is 23.9 Å². The van der Waals surface area contributed by atoms with Crippen LogP contribution in [0, 0.1) is 27.7 Å². The average Bonchev–Trinajstić information content (AvgIpc) is 3.09. The van der Waals surface area contributed by atoms with Gasteiger partial charge in [0.05, 0.1) is 12.2 Å². The summed E-state index contributed by atoms with van der Waals surface area (Å²) in [7, 11) is 0. The van der Waals surface area contributed by atoms with Gasteiger partial charge in [-0.2, -0.15) is 0 Å². The molecule has 2 aromatic carbocycles. The third-order valence-corrected chi connectivity index (χ3v) is 5.34. The van der Waals surface area contributed by atoms with E-state index in [2.05, 4.69) is 10.3 Å². The van der Waals surface area contributed by atoms with Crippen LogP contribution < -0.4 is 5.32 Å². The first kappa shape index (κ1) is 23.8. The number of hydrogen-bond acceptors (Lipinski definition) is 5. The Balaban J connectivity index is 1.91. The summed E-state index contributed by atoms with van der Waals surface area (Å²) in [6, 6.07) is 14.5. The number of hydrogen-bond donors (Lipinski definition) is 2. The van der Waals surface area contributed by atoms with Crippen molar-refractivity contribution in [2.75, 3.05) is 11.9 Å². The van der Waals surface area contributed by atoms with Crippen molar-refractivity contribution in [1.29, 1.82) is 0 Å². The van der Waals surface area contributed by atoms with Gasteiger partial charge in [0.15, 0.2) is 0 Å². The fraction of sp³-hybridized carbons (Fsp3) is 0.269. The van der Waals surface area contributed by atoms with E-state index in [0.717, 1.165) is 11.1 Å². The van der Waals surface area contributed by atoms with Gasteiger partial charge in [-0.1, -0.05) is 42.5 Å². The third-order valence-electron chi connectivity index (χ3n) is 5.34. The molecular formula is C26H28N2O5. The molecule has 0 fully saturated rings. The molecule has 1 heterocycles. The summed E-state index contributed by atoms with van der Waals surface area (Å²) in [6.07, 6.45) is -1.19. The summed E-state index contributed by atoms with van der Waals surface area (Å²) in [5.74, 6) is -1.74. The maximum atomic E-state index is 13.2. The Morgan fingerprint density at radius 3 is 2.33 bits per heavy atom. The second-order valence-electron chi connectivity index (χ2n) is 7.85. The number of H-pyrrole nitrogens is 1. The van der Waals surface area contributed by atoms with Crippen LogP contribution >= 0.6 is 0 Å². The Morgan fingerprint density at radius 2 is 1.67 bits per heavy atom. The lowest BCUT2D eigenvalue weighted by atomic mass is 10.1. The number of benzene rings is 2. The normalized spacial score (nSPS) is 11.5. The number of esters is 2. The topological polar surface area (TPSA) is 97.5 Å². The molecule has 0 aliphatic carbocycles. The van der Waals surface area contributed by atoms with Crippen molar-refractivity contribution in [3.63, 3.8) is 0 Å². The van der Waals surface area contributed by atoms with Crippen LogP contribution in [0.4, 0.5) is 5.69 Å². The second kappa shape index (κ2) is 10.2. The van der Waals surface area contributed by atoms with Gasteiger partial charge in [-0.3, -0.25) is 4.79 Å². The van der Waals surface area contributed by atoms with Gasteiger partial charge in [0, 0.05) is 16.9 Å². The number of ether oxygens (including phenoxy) is 2. The summed E-state index contributed by atoms with van der Waals surface area (Å²) < 4.78 is 10.8. The first-order valence-electron chi connectivity index (χ1n) is 10.7. The molecule has 7 nitrogen and oxygen atoms in total. The highest BCUT2D eigenvalue weighted by Crippen LogP contribution is 2.26. The number of aryl methyl sites for hydroxylation is 3. The molecule has 1 atom stereocenters. The molecule has 172 valence electrons. The van der Waals surface area contributed by atoms with Crippen LogP contribution in [0.5, 0.6) is 0 Å². The first-order chi connectivity index (χ1) is 15.7. The maximum absolute atomic E-state index is 13.2. The van der Waals surface area contributed by atoms with E-state index in [4.69, 9.17) is 9.47 Å². The fourth-order valence-electron chi connectivity index (χ4n) is 3.60. The lowest BCUT2D eigenvalue weighted by Crippen LogP contribution is -2.26. The molecule has 0 bridgehead atoms. The van der Waals surface area contributed by atoms with Crippen molar-refractivity contribution in [1.82, 2.24) is 4.98 Å². The molecule has 0 spiro atoms. The smallest absolute Gasteiger partial charge is 0.356 e. The van der Waals surface area contributed by atoms with E-state index in [-0.39, 0.29) is 12.3 Å². The van der Waals surface area contributed by atoms with Crippen LogP contribution in [0.25, 0.3) is 0 Å². The summed E-state index contributed by atoms with van der Waals surface area (Å²) in [5, 5.41) is 2.87. The molecule has 0 saturated heterocycles. The molecule has 0 radical (unpaired) electrons. The minimum absolute atomic E-state index is 0.107. The van der Waals surface area contributed by atoms with E-state index >= 15 is 0 Å². The average molecular weight is 449 g/mol. The standard InChI is InChI=1S/C26H28N2O5/c1-6-32-25(30)21-17(4)22(27-18(21)5)26(31)33-23(19-10-8-7-9-11-19)24(29)28-20-14-15(2)12-13-16(20)3/h7-14,23,27H,6H2,1-5H3,(H,28,29). The van der Waals surface area contributed by atoms with Gasteiger partial charge in [-0.15, -0.1) is 0 Å². The van der Waals surface area contributed by atoms with Crippen LogP contribution in [0.1, 0.15) is 61.8 Å². The van der Waals surface area contributed by atoms with Crippen molar-refractivity contribution < 1.29 is 23.9 Å². The zero-order valence-corrected chi connectivity index (χ0v) is 19.4. The van der Waals surface area contributed by atoms with Gasteiger partial charge in [-0.05, 0) is 57.4 Å². The van der Waals surface area contributed by atoms with Crippen LogP contribution in [0.3, 0.4) is 0 Å². The third kappa shape index (κ3) is 5.31. The van der Waals surface area contributed by atoms with Gasteiger partial charge in [-0.25, -0.2) is 9.59 Å². The Labute approximate surface area is 193 Å². The highest BCUT2D eigenvalue weighted by molar-refractivity contribution is 6.01. The highest BCUT2D eigenvalue weighted by atomic mass is 16.5. The molecule has 1 aromatic heterocycles. The van der Waals surface area contributed by atoms with Gasteiger partial charge in [0.1, 0.15) is 5.69 Å². The minimum atomic E-state index is -1.19. The summed E-state index contributed by atoms with van der Waals surface area (Å²) >= 11 is 0. The SMILES string of the molecule is CCOC(=O)c1c(C)[nH]c(C(=O)OC(C(=O)Nc2cc(C)ccc2C)c2ccccc2)c1C. The Hall–Kier alpha value is -3.87. The molecule has 7 heteroatoms. The molecule has 3 rings (SSSR count). The van der Waals surface area contributed by atoms with Crippen molar-refractivity contribution in [2.24, 2.45) is 0 Å². The second-order valence-corrected chi connectivity index (χ2v) is 7.85. The predicted octanol–water partition coefficient (Wildman–Crippen LogP) is 4.96. The lowest BCUT2D eigenvalue weighted by molar-refractivity contribution is -0.125. The van der Waals surface area contributed by atoms with Gasteiger partial charge < -0.3 is 19.8 Å². The molecule has 3 aromatic rings. The Morgan fingerprint density at radius 1 is 0.970 bits per heavy atom. The number of anilines is 1. The lowest BCUT2D eigenvalue weighted by Gasteiger charge is -2.19. The fourth-order valence-corrected chi connectivity index (χ4v) is 3.60. The summed E-state index contributed by atoms with van der Waals surface area (Å²) in [5.41, 5.74) is 4.37. The number of amides is 1. The van der Waals surface area contributed by atoms with Gasteiger partial charge in [0.2, 0.25) is 6.10 Å². The van der Waals surface area contributed by atoms with E-state index in [9.17, 15) is 14.4 Å². The molecule has 1 unspecified atom stereocenters. The number of carbonyl (C=O) groups excluding carboxylic acids is 3. The van der Waals surface area contributed by atoms with Crippen LogP contribution in [-0.2, 0) is 14.3 Å². The Bertz CT molecular complexity index is 1180. The minimum Gasteiger partial charge on any atom is -0.462 e. The molecular weight excluding hydrogens is 420 g/mol. The molecule has 33 heavy (non-hydrogen) atoms. The largest absolute Gasteiger partial charge is 0.462 e. The summed E-state index contributed by atoms with van der Waals surface area (Å²) in [4.78, 5) is 41.5. The molecule has 0 aliphatic heterocycles. The van der Waals surface area contributed by atoms with E-state index in [0.29, 0.717) is 28.1 Å². The van der Waals surface area contributed by atoms with E-state index in [1.165, 1.54) is 0 Å². The zero-order valence-electron chi connectivity index (χ0n) is 19.4. The number of nitrogens with one attached hydrogen (secondary N) is 2. The van der Waals surface area contributed by atoms with Gasteiger partial charge in [0.25, 0.3) is 5.91 Å². The summed E-state index contributed by atoms with van der Waals surface area (Å²) in [6.45, 7) is 9.07. The number of rotatable bonds is 7. The first-order valence-corrected chi connectivity index (χ1v) is 10.7. The monoisotopic (exact) mass is 448 g/mol. The number of aromatic nitrogens is 1. The van der Waals surface area contributed by atoms with Gasteiger partial charge >= 0.3 is 11.9 Å². The van der Waals surface area contributed by atoms with Crippen LogP contribution in [0.15, 0.2) is 48.5 Å². The van der Waals surface area contributed by atoms with Crippen molar-refractivity contribution in [3.8, 4) is 0 Å². The van der Waals surface area contributed by atoms with Crippen LogP contribution in [-0.4, -0.2) is 29.4 Å². The van der Waals surface area contributed by atoms with E-state index in [1.54, 1.807) is 45.0 Å². The zero-order chi connectivity index (χ0) is 24.1. The van der Waals surface area contributed by atoms with Crippen molar-refractivity contribution >= 4 is 23.5 Å². The molecule has 0 saturated carbocycles.